The van der Waals surface area contributed by atoms with E-state index in [9.17, 15) is 14.7 Å². The van der Waals surface area contributed by atoms with E-state index in [1.807, 2.05) is 6.07 Å². The fraction of sp³-hybridized carbons (Fsp3) is 0.500. The standard InChI is InChI=1S/C16H22N2O4/c1-16(2,3)22-15(21)17-10-13(20)18-9-5-7-11-6-4-8-12(19)14(11)18/h4,6,8,19H,5,7,9-10H2,1-3H3,(H,17,21). The molecule has 0 saturated carbocycles. The molecule has 1 aliphatic rings. The van der Waals surface area contributed by atoms with Crippen LogP contribution in [0.4, 0.5) is 10.5 Å². The molecule has 0 aromatic heterocycles. The summed E-state index contributed by atoms with van der Waals surface area (Å²) in [6.45, 7) is 5.63. The van der Waals surface area contributed by atoms with Crippen LogP contribution in [0, 0.1) is 0 Å². The average Bonchev–Trinajstić information content (AvgIpc) is 2.42. The molecule has 1 heterocycles. The minimum Gasteiger partial charge on any atom is -0.506 e. The number of ether oxygens (including phenoxy) is 1. The molecule has 1 aromatic carbocycles. The van der Waals surface area contributed by atoms with Gasteiger partial charge in [-0.05, 0) is 45.2 Å². The van der Waals surface area contributed by atoms with Crippen LogP contribution in [0.1, 0.15) is 32.8 Å². The summed E-state index contributed by atoms with van der Waals surface area (Å²) in [5.74, 6) is -0.184. The average molecular weight is 306 g/mol. The van der Waals surface area contributed by atoms with Gasteiger partial charge in [-0.2, -0.15) is 0 Å². The number of rotatable bonds is 2. The molecule has 120 valence electrons. The van der Waals surface area contributed by atoms with E-state index >= 15 is 0 Å². The van der Waals surface area contributed by atoms with Crippen LogP contribution >= 0.6 is 0 Å². The Kier molecular flexibility index (Phi) is 4.59. The van der Waals surface area contributed by atoms with Crippen molar-refractivity contribution in [2.45, 2.75) is 39.2 Å². The summed E-state index contributed by atoms with van der Waals surface area (Å²) in [4.78, 5) is 25.5. The van der Waals surface area contributed by atoms with E-state index in [1.165, 1.54) is 4.90 Å². The van der Waals surface area contributed by atoms with Gasteiger partial charge in [0.2, 0.25) is 5.91 Å². The predicted molar refractivity (Wildman–Crippen MR) is 83.0 cm³/mol. The van der Waals surface area contributed by atoms with Crippen LogP contribution in [0.15, 0.2) is 18.2 Å². The van der Waals surface area contributed by atoms with Crippen LogP contribution in [-0.4, -0.2) is 35.8 Å². The number of carbonyl (C=O) groups excluding carboxylic acids is 2. The number of amides is 2. The highest BCUT2D eigenvalue weighted by Crippen LogP contribution is 2.35. The highest BCUT2D eigenvalue weighted by Gasteiger charge is 2.26. The van der Waals surface area contributed by atoms with Gasteiger partial charge in [-0.3, -0.25) is 4.79 Å². The lowest BCUT2D eigenvalue weighted by Gasteiger charge is -2.30. The quantitative estimate of drug-likeness (QED) is 0.878. The lowest BCUT2D eigenvalue weighted by Crippen LogP contribution is -2.43. The van der Waals surface area contributed by atoms with Gasteiger partial charge in [0.1, 0.15) is 17.9 Å². The number of nitrogens with zero attached hydrogens (tertiary/aromatic N) is 1. The van der Waals surface area contributed by atoms with Crippen molar-refractivity contribution < 1.29 is 19.4 Å². The molecule has 2 amide bonds. The highest BCUT2D eigenvalue weighted by atomic mass is 16.6. The number of para-hydroxylation sites is 1. The van der Waals surface area contributed by atoms with Crippen LogP contribution < -0.4 is 10.2 Å². The van der Waals surface area contributed by atoms with Crippen LogP contribution in [0.5, 0.6) is 5.75 Å². The van der Waals surface area contributed by atoms with Crippen LogP contribution in [-0.2, 0) is 16.0 Å². The van der Waals surface area contributed by atoms with Gasteiger partial charge >= 0.3 is 6.09 Å². The Morgan fingerprint density at radius 3 is 2.77 bits per heavy atom. The van der Waals surface area contributed by atoms with E-state index in [4.69, 9.17) is 4.74 Å². The zero-order valence-electron chi connectivity index (χ0n) is 13.2. The molecule has 6 nitrogen and oxygen atoms in total. The van der Waals surface area contributed by atoms with Crippen molar-refractivity contribution >= 4 is 17.7 Å². The molecule has 0 radical (unpaired) electrons. The Morgan fingerprint density at radius 2 is 2.09 bits per heavy atom. The molecule has 1 aliphatic heterocycles. The van der Waals surface area contributed by atoms with Crippen molar-refractivity contribution in [1.29, 1.82) is 0 Å². The lowest BCUT2D eigenvalue weighted by atomic mass is 10.0. The number of aryl methyl sites for hydroxylation is 1. The Hall–Kier alpha value is -2.24. The number of nitrogens with one attached hydrogen (secondary N) is 1. The maximum absolute atomic E-state index is 12.3. The van der Waals surface area contributed by atoms with E-state index in [0.717, 1.165) is 18.4 Å². The van der Waals surface area contributed by atoms with Gasteiger partial charge in [0.15, 0.2) is 0 Å². The lowest BCUT2D eigenvalue weighted by molar-refractivity contribution is -0.118. The molecule has 2 rings (SSSR count). The number of aromatic hydroxyl groups is 1. The molecule has 0 spiro atoms. The molecule has 1 aromatic rings. The van der Waals surface area contributed by atoms with Crippen molar-refractivity contribution in [3.63, 3.8) is 0 Å². The maximum atomic E-state index is 12.3. The SMILES string of the molecule is CC(C)(C)OC(=O)NCC(=O)N1CCCc2cccc(O)c21. The first kappa shape index (κ1) is 16.1. The first-order valence-electron chi connectivity index (χ1n) is 7.36. The second-order valence-corrected chi connectivity index (χ2v) is 6.29. The summed E-state index contributed by atoms with van der Waals surface area (Å²) in [6, 6.07) is 5.22. The van der Waals surface area contributed by atoms with Crippen molar-refractivity contribution in [2.75, 3.05) is 18.0 Å². The van der Waals surface area contributed by atoms with E-state index in [1.54, 1.807) is 32.9 Å². The van der Waals surface area contributed by atoms with Crippen LogP contribution in [0.3, 0.4) is 0 Å². The number of benzene rings is 1. The van der Waals surface area contributed by atoms with Gasteiger partial charge in [0, 0.05) is 6.54 Å². The fourth-order valence-electron chi connectivity index (χ4n) is 2.44. The molecule has 0 fully saturated rings. The molecule has 0 bridgehead atoms. The highest BCUT2D eigenvalue weighted by molar-refractivity contribution is 5.98. The predicted octanol–water partition coefficient (Wildman–Crippen LogP) is 2.20. The zero-order valence-corrected chi connectivity index (χ0v) is 13.2. The number of phenolic OH excluding ortho intramolecular Hbond substituents is 1. The number of carbonyl (C=O) groups is 2. The Morgan fingerprint density at radius 1 is 1.36 bits per heavy atom. The first-order valence-corrected chi connectivity index (χ1v) is 7.36. The van der Waals surface area contributed by atoms with E-state index in [2.05, 4.69) is 5.32 Å². The van der Waals surface area contributed by atoms with Crippen molar-refractivity contribution in [3.05, 3.63) is 23.8 Å². The van der Waals surface area contributed by atoms with E-state index in [0.29, 0.717) is 12.2 Å². The van der Waals surface area contributed by atoms with E-state index < -0.39 is 11.7 Å². The fourth-order valence-corrected chi connectivity index (χ4v) is 2.44. The number of phenols is 1. The molecule has 22 heavy (non-hydrogen) atoms. The topological polar surface area (TPSA) is 78.9 Å². The third-order valence-electron chi connectivity index (χ3n) is 3.28. The van der Waals surface area contributed by atoms with Crippen LogP contribution in [0.25, 0.3) is 0 Å². The van der Waals surface area contributed by atoms with Gasteiger partial charge in [0.05, 0.1) is 5.69 Å². The molecular formula is C16H22N2O4. The minimum absolute atomic E-state index is 0.0859. The molecule has 2 N–H and O–H groups in total. The normalized spacial score (nSPS) is 14.2. The summed E-state index contributed by atoms with van der Waals surface area (Å²) >= 11 is 0. The Labute approximate surface area is 130 Å². The molecule has 0 unspecified atom stereocenters. The second-order valence-electron chi connectivity index (χ2n) is 6.29. The zero-order chi connectivity index (χ0) is 16.3. The largest absolute Gasteiger partial charge is 0.506 e. The van der Waals surface area contributed by atoms with Gasteiger partial charge in [-0.15, -0.1) is 0 Å². The van der Waals surface area contributed by atoms with Gasteiger partial charge in [0.25, 0.3) is 0 Å². The summed E-state index contributed by atoms with van der Waals surface area (Å²) in [6.07, 6.45) is 1.03. The minimum atomic E-state index is -0.629. The van der Waals surface area contributed by atoms with Crippen molar-refractivity contribution in [2.24, 2.45) is 0 Å². The van der Waals surface area contributed by atoms with Crippen molar-refractivity contribution in [1.82, 2.24) is 5.32 Å². The summed E-state index contributed by atoms with van der Waals surface area (Å²) in [5, 5.41) is 12.5. The number of hydrogen-bond donors (Lipinski definition) is 2. The van der Waals surface area contributed by atoms with Crippen molar-refractivity contribution in [3.8, 4) is 5.75 Å². The van der Waals surface area contributed by atoms with Gasteiger partial charge in [-0.1, -0.05) is 12.1 Å². The summed E-state index contributed by atoms with van der Waals surface area (Å²) < 4.78 is 5.10. The number of fused-ring (bicyclic) bond motifs is 1. The third-order valence-corrected chi connectivity index (χ3v) is 3.28. The maximum Gasteiger partial charge on any atom is 0.408 e. The van der Waals surface area contributed by atoms with Crippen LogP contribution in [0.2, 0.25) is 0 Å². The monoisotopic (exact) mass is 306 g/mol. The summed E-state index contributed by atoms with van der Waals surface area (Å²) in [7, 11) is 0. The molecule has 6 heteroatoms. The Bertz CT molecular complexity index is 578. The summed E-state index contributed by atoms with van der Waals surface area (Å²) in [5.41, 5.74) is 0.880. The molecule has 0 saturated heterocycles. The van der Waals surface area contributed by atoms with Gasteiger partial charge in [-0.25, -0.2) is 4.79 Å². The molecular weight excluding hydrogens is 284 g/mol. The second kappa shape index (κ2) is 6.25. The number of hydrogen-bond acceptors (Lipinski definition) is 4. The van der Waals surface area contributed by atoms with Gasteiger partial charge < -0.3 is 20.1 Å². The third kappa shape index (κ3) is 3.90. The van der Waals surface area contributed by atoms with E-state index in [-0.39, 0.29) is 18.2 Å². The molecule has 0 aliphatic carbocycles. The molecule has 0 atom stereocenters. The first-order chi connectivity index (χ1) is 10.3. The number of alkyl carbamates (subject to hydrolysis) is 1. The number of anilines is 1. The Balaban J connectivity index is 2.02. The smallest absolute Gasteiger partial charge is 0.408 e.